The van der Waals surface area contributed by atoms with Gasteiger partial charge in [0.25, 0.3) is 0 Å². The summed E-state index contributed by atoms with van der Waals surface area (Å²) in [4.78, 5) is 34.7. The van der Waals surface area contributed by atoms with E-state index in [1.807, 2.05) is 12.1 Å². The average Bonchev–Trinajstić information content (AvgIpc) is 3.57. The molecule has 2 heterocycles. The predicted octanol–water partition coefficient (Wildman–Crippen LogP) is 1.85. The molecule has 2 fully saturated rings. The molecule has 3 N–H and O–H groups in total. The molecule has 0 atom stereocenters. The molecule has 29 heavy (non-hydrogen) atoms. The summed E-state index contributed by atoms with van der Waals surface area (Å²) < 4.78 is 5.42. The molecule has 1 saturated carbocycles. The fraction of sp³-hybridized carbons (Fsp3) is 0.400. The number of hydrogen-bond donors (Lipinski definition) is 3. The van der Waals surface area contributed by atoms with Crippen LogP contribution in [-0.2, 0) is 14.9 Å². The van der Waals surface area contributed by atoms with E-state index in [0.29, 0.717) is 62.2 Å². The Bertz CT molecular complexity index is 921. The van der Waals surface area contributed by atoms with Gasteiger partial charge in [-0.3, -0.25) is 4.79 Å². The summed E-state index contributed by atoms with van der Waals surface area (Å²) in [6.45, 7) is 2.62. The normalized spacial score (nSPS) is 17.5. The van der Waals surface area contributed by atoms with Gasteiger partial charge in [0.1, 0.15) is 11.2 Å². The minimum Gasteiger partial charge on any atom is -0.481 e. The Morgan fingerprint density at radius 2 is 1.83 bits per heavy atom. The average molecular weight is 397 g/mol. The standard InChI is InChI=1S/C20H23N5O4/c1-21-19(28)22-14-4-2-13(3-5-14)17-23-15(20(6-7-20)18(26)27)12-16(24-17)25-8-10-29-11-9-25/h2-5,12H,6-11H2,1H3,(H,26,27)(H2,21,22,28). The van der Waals surface area contributed by atoms with Crippen molar-refractivity contribution in [2.24, 2.45) is 0 Å². The molecule has 9 heteroatoms. The Morgan fingerprint density at radius 1 is 1.14 bits per heavy atom. The van der Waals surface area contributed by atoms with Crippen LogP contribution in [-0.4, -0.2) is 60.4 Å². The van der Waals surface area contributed by atoms with Crippen LogP contribution in [0.25, 0.3) is 11.4 Å². The summed E-state index contributed by atoms with van der Waals surface area (Å²) in [5, 5.41) is 14.9. The minimum atomic E-state index is -0.917. The van der Waals surface area contributed by atoms with Crippen molar-refractivity contribution in [1.29, 1.82) is 0 Å². The highest BCUT2D eigenvalue weighted by molar-refractivity contribution is 5.89. The van der Waals surface area contributed by atoms with Crippen LogP contribution in [0.2, 0.25) is 0 Å². The van der Waals surface area contributed by atoms with Gasteiger partial charge in [0.15, 0.2) is 5.82 Å². The van der Waals surface area contributed by atoms with Crippen LogP contribution >= 0.6 is 0 Å². The van der Waals surface area contributed by atoms with Crippen LogP contribution in [0, 0.1) is 0 Å². The molecule has 2 aromatic rings. The van der Waals surface area contributed by atoms with Crippen molar-refractivity contribution >= 4 is 23.5 Å². The second-order valence-corrected chi connectivity index (χ2v) is 7.20. The Kier molecular flexibility index (Phi) is 5.06. The third kappa shape index (κ3) is 3.86. The van der Waals surface area contributed by atoms with Gasteiger partial charge in [-0.25, -0.2) is 14.8 Å². The summed E-state index contributed by atoms with van der Waals surface area (Å²) in [7, 11) is 1.55. The number of hydrogen-bond acceptors (Lipinski definition) is 6. The third-order valence-electron chi connectivity index (χ3n) is 5.33. The van der Waals surface area contributed by atoms with Crippen molar-refractivity contribution in [2.45, 2.75) is 18.3 Å². The van der Waals surface area contributed by atoms with E-state index >= 15 is 0 Å². The van der Waals surface area contributed by atoms with Crippen LogP contribution in [0.4, 0.5) is 16.3 Å². The van der Waals surface area contributed by atoms with E-state index in [4.69, 9.17) is 9.72 Å². The highest BCUT2D eigenvalue weighted by Crippen LogP contribution is 2.48. The number of carbonyl (C=O) groups is 2. The molecule has 0 spiro atoms. The Balaban J connectivity index is 1.70. The molecule has 0 unspecified atom stereocenters. The quantitative estimate of drug-likeness (QED) is 0.705. The lowest BCUT2D eigenvalue weighted by atomic mass is 10.0. The number of carboxylic acid groups (broad SMARTS) is 1. The second-order valence-electron chi connectivity index (χ2n) is 7.20. The summed E-state index contributed by atoms with van der Waals surface area (Å²) >= 11 is 0. The van der Waals surface area contributed by atoms with E-state index < -0.39 is 11.4 Å². The van der Waals surface area contributed by atoms with Gasteiger partial charge < -0.3 is 25.4 Å². The maximum atomic E-state index is 11.9. The summed E-state index contributed by atoms with van der Waals surface area (Å²) in [6.07, 6.45) is 1.16. The number of benzene rings is 1. The topological polar surface area (TPSA) is 117 Å². The SMILES string of the molecule is CNC(=O)Nc1ccc(-c2nc(N3CCOCC3)cc(C3(C(=O)O)CC3)n2)cc1. The lowest BCUT2D eigenvalue weighted by Gasteiger charge is -2.28. The lowest BCUT2D eigenvalue weighted by Crippen LogP contribution is -2.37. The van der Waals surface area contributed by atoms with Gasteiger partial charge in [-0.15, -0.1) is 0 Å². The van der Waals surface area contributed by atoms with E-state index in [0.717, 1.165) is 5.56 Å². The molecule has 1 aromatic carbocycles. The molecule has 152 valence electrons. The second kappa shape index (κ2) is 7.67. The molecule has 2 amide bonds. The summed E-state index contributed by atoms with van der Waals surface area (Å²) in [5.41, 5.74) is 1.02. The molecule has 4 rings (SSSR count). The number of urea groups is 1. The van der Waals surface area contributed by atoms with Crippen molar-refractivity contribution in [2.75, 3.05) is 43.6 Å². The van der Waals surface area contributed by atoms with Crippen molar-refractivity contribution in [3.8, 4) is 11.4 Å². The Morgan fingerprint density at radius 3 is 2.41 bits per heavy atom. The number of rotatable bonds is 5. The summed E-state index contributed by atoms with van der Waals surface area (Å²) in [5.74, 6) is 0.344. The smallest absolute Gasteiger partial charge is 0.318 e. The van der Waals surface area contributed by atoms with Gasteiger partial charge >= 0.3 is 12.0 Å². The number of aliphatic carboxylic acids is 1. The fourth-order valence-corrected chi connectivity index (χ4v) is 3.36. The highest BCUT2D eigenvalue weighted by Gasteiger charge is 2.53. The first kappa shape index (κ1) is 19.1. The number of anilines is 2. The van der Waals surface area contributed by atoms with Crippen molar-refractivity contribution in [3.63, 3.8) is 0 Å². The van der Waals surface area contributed by atoms with Crippen LogP contribution in [0.3, 0.4) is 0 Å². The number of carbonyl (C=O) groups excluding carboxylic acids is 1. The number of amides is 2. The number of morpholine rings is 1. The third-order valence-corrected chi connectivity index (χ3v) is 5.33. The number of aromatic nitrogens is 2. The summed E-state index contributed by atoms with van der Waals surface area (Å²) in [6, 6.07) is 8.65. The number of carboxylic acids is 1. The van der Waals surface area contributed by atoms with Crippen LogP contribution in [0.15, 0.2) is 30.3 Å². The van der Waals surface area contributed by atoms with Crippen molar-refractivity contribution < 1.29 is 19.4 Å². The molecule has 1 aliphatic carbocycles. The molecule has 0 bridgehead atoms. The molecule has 1 aromatic heterocycles. The highest BCUT2D eigenvalue weighted by atomic mass is 16.5. The molecule has 1 saturated heterocycles. The maximum absolute atomic E-state index is 11.9. The zero-order valence-corrected chi connectivity index (χ0v) is 16.1. The van der Waals surface area contributed by atoms with Gasteiger partial charge in [0.05, 0.1) is 18.9 Å². The molecule has 2 aliphatic rings. The molecular weight excluding hydrogens is 374 g/mol. The number of nitrogens with one attached hydrogen (secondary N) is 2. The molecule has 0 radical (unpaired) electrons. The fourth-order valence-electron chi connectivity index (χ4n) is 3.36. The van der Waals surface area contributed by atoms with Gasteiger partial charge in [-0.05, 0) is 37.1 Å². The first-order valence-electron chi connectivity index (χ1n) is 9.57. The molecule has 1 aliphatic heterocycles. The molecular formula is C20H23N5O4. The van der Waals surface area contributed by atoms with Crippen LogP contribution in [0.5, 0.6) is 0 Å². The predicted molar refractivity (Wildman–Crippen MR) is 107 cm³/mol. The van der Waals surface area contributed by atoms with E-state index in [-0.39, 0.29) is 6.03 Å². The Labute approximate surface area is 168 Å². The lowest BCUT2D eigenvalue weighted by molar-refractivity contribution is -0.140. The van der Waals surface area contributed by atoms with Gasteiger partial charge in [-0.2, -0.15) is 0 Å². The molecule has 9 nitrogen and oxygen atoms in total. The zero-order valence-electron chi connectivity index (χ0n) is 16.1. The van der Waals surface area contributed by atoms with Crippen molar-refractivity contribution in [1.82, 2.24) is 15.3 Å². The van der Waals surface area contributed by atoms with Crippen LogP contribution in [0.1, 0.15) is 18.5 Å². The van der Waals surface area contributed by atoms with Gasteiger partial charge in [0, 0.05) is 37.5 Å². The largest absolute Gasteiger partial charge is 0.481 e. The van der Waals surface area contributed by atoms with E-state index in [1.165, 1.54) is 0 Å². The maximum Gasteiger partial charge on any atom is 0.318 e. The monoisotopic (exact) mass is 397 g/mol. The van der Waals surface area contributed by atoms with Gasteiger partial charge in [-0.1, -0.05) is 0 Å². The van der Waals surface area contributed by atoms with Crippen LogP contribution < -0.4 is 15.5 Å². The Hall–Kier alpha value is -3.20. The van der Waals surface area contributed by atoms with Gasteiger partial charge in [0.2, 0.25) is 0 Å². The van der Waals surface area contributed by atoms with E-state index in [2.05, 4.69) is 20.5 Å². The first-order valence-corrected chi connectivity index (χ1v) is 9.57. The van der Waals surface area contributed by atoms with E-state index in [9.17, 15) is 14.7 Å². The first-order chi connectivity index (χ1) is 14.0. The number of ether oxygens (including phenoxy) is 1. The zero-order chi connectivity index (χ0) is 20.4. The van der Waals surface area contributed by atoms with E-state index in [1.54, 1.807) is 25.2 Å². The van der Waals surface area contributed by atoms with Crippen molar-refractivity contribution in [3.05, 3.63) is 36.0 Å². The minimum absolute atomic E-state index is 0.303. The number of nitrogens with zero attached hydrogens (tertiary/aromatic N) is 3.